The molecular formula is C20H30N6O6. The number of nitrogens with zero attached hydrogens (tertiary/aromatic N) is 3. The molecule has 12 heteroatoms. The van der Waals surface area contributed by atoms with E-state index in [0.717, 1.165) is 18.7 Å². The summed E-state index contributed by atoms with van der Waals surface area (Å²) in [6.45, 7) is 6.43. The molecule has 5 N–H and O–H groups in total. The molecular weight excluding hydrogens is 420 g/mol. The maximum Gasteiger partial charge on any atom is 0.409 e. The highest BCUT2D eigenvalue weighted by atomic mass is 16.6. The van der Waals surface area contributed by atoms with E-state index in [2.05, 4.69) is 26.1 Å². The molecule has 4 amide bonds. The molecule has 0 radical (unpaired) electrons. The van der Waals surface area contributed by atoms with Crippen LogP contribution in [0, 0.1) is 0 Å². The van der Waals surface area contributed by atoms with Gasteiger partial charge in [0.05, 0.1) is 18.9 Å². The lowest BCUT2D eigenvalue weighted by molar-refractivity contribution is -0.123. The number of carbonyl (C=O) groups is 3. The van der Waals surface area contributed by atoms with Crippen molar-refractivity contribution in [3.05, 3.63) is 29.8 Å². The van der Waals surface area contributed by atoms with Crippen molar-refractivity contribution in [1.82, 2.24) is 25.9 Å². The molecule has 12 nitrogen and oxygen atoms in total. The molecule has 3 rings (SSSR count). The number of amides is 4. The lowest BCUT2D eigenvalue weighted by atomic mass is 10.1. The molecule has 1 saturated heterocycles. The van der Waals surface area contributed by atoms with Gasteiger partial charge in [0, 0.05) is 39.3 Å². The molecule has 0 saturated carbocycles. The Morgan fingerprint density at radius 3 is 2.50 bits per heavy atom. The van der Waals surface area contributed by atoms with Crippen LogP contribution in [-0.2, 0) is 9.53 Å². The molecule has 0 atom stereocenters. The predicted molar refractivity (Wildman–Crippen MR) is 117 cm³/mol. The van der Waals surface area contributed by atoms with Crippen molar-refractivity contribution in [2.45, 2.75) is 6.92 Å². The quantitative estimate of drug-likeness (QED) is 0.468. The molecule has 1 aromatic rings. The Morgan fingerprint density at radius 1 is 1.16 bits per heavy atom. The zero-order valence-electron chi connectivity index (χ0n) is 18.1. The molecule has 1 aromatic carbocycles. The summed E-state index contributed by atoms with van der Waals surface area (Å²) in [5.41, 5.74) is 3.94. The molecule has 32 heavy (non-hydrogen) atoms. The topological polar surface area (TPSA) is 156 Å². The van der Waals surface area contributed by atoms with Crippen molar-refractivity contribution < 1.29 is 29.3 Å². The monoisotopic (exact) mass is 450 g/mol. The van der Waals surface area contributed by atoms with Crippen molar-refractivity contribution in [2.24, 2.45) is 5.10 Å². The minimum absolute atomic E-state index is 0. The van der Waals surface area contributed by atoms with Gasteiger partial charge in [-0.2, -0.15) is 5.10 Å². The van der Waals surface area contributed by atoms with Gasteiger partial charge in [0.15, 0.2) is 6.61 Å². The summed E-state index contributed by atoms with van der Waals surface area (Å²) in [6, 6.07) is 6.82. The first kappa shape index (κ1) is 24.9. The van der Waals surface area contributed by atoms with Crippen molar-refractivity contribution in [1.29, 1.82) is 0 Å². The first-order chi connectivity index (χ1) is 15.0. The van der Waals surface area contributed by atoms with Gasteiger partial charge in [-0.1, -0.05) is 0 Å². The average Bonchev–Trinajstić information content (AvgIpc) is 2.79. The van der Waals surface area contributed by atoms with Crippen LogP contribution in [0.2, 0.25) is 0 Å². The SMILES string of the molecule is CCOC(=O)N1CCN(CCNC(=O)COc2ccc(C3=NNC(=O)NC3)cc2)CC1.O. The summed E-state index contributed by atoms with van der Waals surface area (Å²) >= 11 is 0. The second-order valence-corrected chi connectivity index (χ2v) is 7.04. The van der Waals surface area contributed by atoms with Crippen molar-refractivity contribution in [3.63, 3.8) is 0 Å². The van der Waals surface area contributed by atoms with Crippen molar-refractivity contribution in [2.75, 3.05) is 59.0 Å². The molecule has 0 aliphatic carbocycles. The number of hydrogen-bond donors (Lipinski definition) is 3. The largest absolute Gasteiger partial charge is 0.484 e. The number of urea groups is 1. The Balaban J connectivity index is 0.00000363. The third kappa shape index (κ3) is 7.39. The lowest BCUT2D eigenvalue weighted by Gasteiger charge is -2.33. The second kappa shape index (κ2) is 12.5. The van der Waals surface area contributed by atoms with Crippen molar-refractivity contribution >= 4 is 23.7 Å². The Bertz CT molecular complexity index is 807. The van der Waals surface area contributed by atoms with Crippen molar-refractivity contribution in [3.8, 4) is 5.75 Å². The average molecular weight is 450 g/mol. The third-order valence-electron chi connectivity index (χ3n) is 4.91. The number of nitrogens with one attached hydrogen (secondary N) is 3. The van der Waals surface area contributed by atoms with E-state index in [-0.39, 0.29) is 30.1 Å². The number of ether oxygens (including phenoxy) is 2. The minimum atomic E-state index is -0.325. The standard InChI is InChI=1S/C20H28N6O5.H2O/c1-2-30-20(29)26-11-9-25(10-12-26)8-7-21-18(27)14-31-16-5-3-15(4-6-16)17-13-22-19(28)24-23-17;/h3-6H,2,7-14H2,1H3,(H,21,27)(H2,22,24,28);1H2. The van der Waals surface area contributed by atoms with E-state index in [1.807, 2.05) is 12.1 Å². The number of rotatable bonds is 8. The minimum Gasteiger partial charge on any atom is -0.484 e. The fourth-order valence-corrected chi connectivity index (χ4v) is 3.19. The molecule has 0 spiro atoms. The summed E-state index contributed by atoms with van der Waals surface area (Å²) in [7, 11) is 0. The fraction of sp³-hybridized carbons (Fsp3) is 0.500. The summed E-state index contributed by atoms with van der Waals surface area (Å²) < 4.78 is 10.5. The van der Waals surface area contributed by atoms with Crippen LogP contribution in [0.15, 0.2) is 29.4 Å². The number of piperazine rings is 1. The maximum absolute atomic E-state index is 12.0. The Morgan fingerprint density at radius 2 is 1.88 bits per heavy atom. The number of hydrazone groups is 1. The van der Waals surface area contributed by atoms with Gasteiger partial charge in [0.2, 0.25) is 0 Å². The normalized spacial score (nSPS) is 16.1. The Labute approximate surface area is 186 Å². The van der Waals surface area contributed by atoms with Crippen LogP contribution >= 0.6 is 0 Å². The van der Waals surface area contributed by atoms with Gasteiger partial charge in [-0.05, 0) is 36.8 Å². The van der Waals surface area contributed by atoms with Gasteiger partial charge in [-0.25, -0.2) is 15.0 Å². The van der Waals surface area contributed by atoms with Crippen LogP contribution in [0.4, 0.5) is 9.59 Å². The third-order valence-corrected chi connectivity index (χ3v) is 4.91. The smallest absolute Gasteiger partial charge is 0.409 e. The van der Waals surface area contributed by atoms with E-state index in [9.17, 15) is 14.4 Å². The zero-order chi connectivity index (χ0) is 22.1. The van der Waals surface area contributed by atoms with Gasteiger partial charge in [0.25, 0.3) is 5.91 Å². The Hall–Kier alpha value is -3.38. The Kier molecular flexibility index (Phi) is 9.70. The van der Waals surface area contributed by atoms with Gasteiger partial charge in [0.1, 0.15) is 5.75 Å². The highest BCUT2D eigenvalue weighted by molar-refractivity contribution is 6.05. The van der Waals surface area contributed by atoms with E-state index in [1.165, 1.54) is 0 Å². The molecule has 1 fully saturated rings. The van der Waals surface area contributed by atoms with Gasteiger partial charge < -0.3 is 30.5 Å². The van der Waals surface area contributed by atoms with Crippen LogP contribution < -0.4 is 20.8 Å². The van der Waals surface area contributed by atoms with E-state index < -0.39 is 0 Å². The number of carbonyl (C=O) groups excluding carboxylic acids is 3. The van der Waals surface area contributed by atoms with Crippen LogP contribution in [0.3, 0.4) is 0 Å². The second-order valence-electron chi connectivity index (χ2n) is 7.04. The van der Waals surface area contributed by atoms with Gasteiger partial charge in [-0.15, -0.1) is 0 Å². The fourth-order valence-electron chi connectivity index (χ4n) is 3.19. The number of hydrogen-bond acceptors (Lipinski definition) is 7. The van der Waals surface area contributed by atoms with Crippen LogP contribution in [-0.4, -0.2) is 98.0 Å². The molecule has 0 aromatic heterocycles. The highest BCUT2D eigenvalue weighted by Crippen LogP contribution is 2.13. The molecule has 176 valence electrons. The lowest BCUT2D eigenvalue weighted by Crippen LogP contribution is -2.50. The van der Waals surface area contributed by atoms with E-state index in [0.29, 0.717) is 50.8 Å². The molecule has 0 unspecified atom stereocenters. The molecule has 0 bridgehead atoms. The van der Waals surface area contributed by atoms with Crippen LogP contribution in [0.5, 0.6) is 5.75 Å². The molecule has 2 aliphatic heterocycles. The van der Waals surface area contributed by atoms with E-state index in [4.69, 9.17) is 9.47 Å². The van der Waals surface area contributed by atoms with Gasteiger partial charge in [-0.3, -0.25) is 9.69 Å². The first-order valence-corrected chi connectivity index (χ1v) is 10.3. The summed E-state index contributed by atoms with van der Waals surface area (Å²) in [6.07, 6.45) is -0.268. The maximum atomic E-state index is 12.0. The predicted octanol–water partition coefficient (Wildman–Crippen LogP) is -0.852. The number of benzene rings is 1. The zero-order valence-corrected chi connectivity index (χ0v) is 18.1. The highest BCUT2D eigenvalue weighted by Gasteiger charge is 2.21. The van der Waals surface area contributed by atoms with Gasteiger partial charge >= 0.3 is 12.1 Å². The van der Waals surface area contributed by atoms with E-state index in [1.54, 1.807) is 24.0 Å². The van der Waals surface area contributed by atoms with Crippen LogP contribution in [0.25, 0.3) is 0 Å². The van der Waals surface area contributed by atoms with E-state index >= 15 is 0 Å². The summed E-state index contributed by atoms with van der Waals surface area (Å²) in [4.78, 5) is 38.7. The first-order valence-electron chi connectivity index (χ1n) is 10.3. The molecule has 2 heterocycles. The summed E-state index contributed by atoms with van der Waals surface area (Å²) in [5.74, 6) is 0.375. The molecule has 2 aliphatic rings. The summed E-state index contributed by atoms with van der Waals surface area (Å²) in [5, 5.41) is 9.49. The van der Waals surface area contributed by atoms with Crippen LogP contribution in [0.1, 0.15) is 12.5 Å².